The van der Waals surface area contributed by atoms with Crippen LogP contribution in [0, 0.1) is 5.82 Å². The van der Waals surface area contributed by atoms with Crippen LogP contribution in [-0.2, 0) is 0 Å². The van der Waals surface area contributed by atoms with Gasteiger partial charge in [0.05, 0.1) is 5.56 Å². The molecule has 0 spiro atoms. The Balaban J connectivity index is 1.84. The minimum atomic E-state index is -0.536. The number of thiazole rings is 1. The van der Waals surface area contributed by atoms with E-state index >= 15 is 0 Å². The van der Waals surface area contributed by atoms with Gasteiger partial charge >= 0.3 is 0 Å². The van der Waals surface area contributed by atoms with Crippen molar-refractivity contribution in [2.45, 2.75) is 0 Å². The summed E-state index contributed by atoms with van der Waals surface area (Å²) in [7, 11) is 0. The Morgan fingerprint density at radius 2 is 2.00 bits per heavy atom. The van der Waals surface area contributed by atoms with Gasteiger partial charge in [0.25, 0.3) is 5.91 Å². The fourth-order valence-corrected chi connectivity index (χ4v) is 2.58. The number of rotatable bonds is 3. The van der Waals surface area contributed by atoms with Gasteiger partial charge in [-0.3, -0.25) is 4.79 Å². The summed E-state index contributed by atoms with van der Waals surface area (Å²) in [5.41, 5.74) is 1.55. The van der Waals surface area contributed by atoms with Gasteiger partial charge in [0, 0.05) is 22.8 Å². The summed E-state index contributed by atoms with van der Waals surface area (Å²) < 4.78 is 13.6. The number of benzene rings is 2. The number of carbonyl (C=O) groups is 1. The van der Waals surface area contributed by atoms with E-state index in [1.54, 1.807) is 24.4 Å². The highest BCUT2D eigenvalue weighted by Crippen LogP contribution is 2.24. The van der Waals surface area contributed by atoms with Crippen LogP contribution >= 0.6 is 11.3 Å². The minimum absolute atomic E-state index is 0.0251. The number of amides is 1. The summed E-state index contributed by atoms with van der Waals surface area (Å²) >= 11 is 1.52. The van der Waals surface area contributed by atoms with E-state index in [2.05, 4.69) is 10.3 Å². The number of halogens is 1. The van der Waals surface area contributed by atoms with Crippen LogP contribution in [0.4, 0.5) is 10.1 Å². The molecule has 0 atom stereocenters. The molecule has 1 amide bonds. The predicted molar refractivity (Wildman–Crippen MR) is 81.9 cm³/mol. The molecule has 3 rings (SSSR count). The molecule has 0 fully saturated rings. The van der Waals surface area contributed by atoms with Crippen molar-refractivity contribution >= 4 is 22.9 Å². The molecule has 1 aromatic heterocycles. The lowest BCUT2D eigenvalue weighted by Crippen LogP contribution is -2.13. The Morgan fingerprint density at radius 1 is 1.14 bits per heavy atom. The summed E-state index contributed by atoms with van der Waals surface area (Å²) in [6, 6.07) is 13.2. The number of nitrogens with one attached hydrogen (secondary N) is 1. The molecule has 3 aromatic rings. The second-order valence-electron chi connectivity index (χ2n) is 4.35. The molecule has 104 valence electrons. The van der Waals surface area contributed by atoms with Crippen molar-refractivity contribution in [3.05, 3.63) is 71.5 Å². The molecular formula is C16H11FN2OS. The van der Waals surface area contributed by atoms with Crippen molar-refractivity contribution in [2.75, 3.05) is 5.32 Å². The Labute approximate surface area is 125 Å². The first-order chi connectivity index (χ1) is 10.2. The number of aromatic nitrogens is 1. The van der Waals surface area contributed by atoms with Crippen LogP contribution in [0.2, 0.25) is 0 Å². The second-order valence-corrected chi connectivity index (χ2v) is 5.25. The molecule has 1 N–H and O–H groups in total. The molecule has 0 aliphatic rings. The molecule has 0 bridgehead atoms. The molecule has 0 radical (unpaired) electrons. The monoisotopic (exact) mass is 298 g/mol. The molecule has 0 saturated heterocycles. The first kappa shape index (κ1) is 13.5. The first-order valence-corrected chi connectivity index (χ1v) is 7.18. The lowest BCUT2D eigenvalue weighted by Gasteiger charge is -2.07. The van der Waals surface area contributed by atoms with E-state index in [9.17, 15) is 9.18 Å². The molecule has 21 heavy (non-hydrogen) atoms. The Hall–Kier alpha value is -2.53. The van der Waals surface area contributed by atoms with Crippen LogP contribution in [-0.4, -0.2) is 10.9 Å². The van der Waals surface area contributed by atoms with Gasteiger partial charge in [0.1, 0.15) is 10.8 Å². The van der Waals surface area contributed by atoms with E-state index in [-0.39, 0.29) is 5.56 Å². The predicted octanol–water partition coefficient (Wildman–Crippen LogP) is 4.20. The van der Waals surface area contributed by atoms with Crippen LogP contribution in [0.3, 0.4) is 0 Å². The van der Waals surface area contributed by atoms with Crippen LogP contribution in [0.1, 0.15) is 10.4 Å². The highest BCUT2D eigenvalue weighted by molar-refractivity contribution is 7.13. The summed E-state index contributed by atoms with van der Waals surface area (Å²) in [5, 5.41) is 5.46. The zero-order chi connectivity index (χ0) is 14.7. The lowest BCUT2D eigenvalue weighted by atomic mass is 10.1. The standard InChI is InChI=1S/C16H11FN2OS/c17-14-7-2-1-6-13(14)15(20)19-12-5-3-4-11(10-12)16-18-8-9-21-16/h1-10H,(H,19,20). The van der Waals surface area contributed by atoms with E-state index in [1.165, 1.54) is 23.5 Å². The fourth-order valence-electron chi connectivity index (χ4n) is 1.94. The van der Waals surface area contributed by atoms with Gasteiger partial charge in [-0.2, -0.15) is 0 Å². The van der Waals surface area contributed by atoms with Crippen molar-refractivity contribution in [1.82, 2.24) is 4.98 Å². The Bertz CT molecular complexity index is 771. The van der Waals surface area contributed by atoms with Gasteiger partial charge < -0.3 is 5.32 Å². The largest absolute Gasteiger partial charge is 0.322 e. The maximum atomic E-state index is 13.6. The molecule has 0 unspecified atom stereocenters. The zero-order valence-corrected chi connectivity index (χ0v) is 11.7. The van der Waals surface area contributed by atoms with Crippen LogP contribution in [0.15, 0.2) is 60.1 Å². The summed E-state index contributed by atoms with van der Waals surface area (Å²) in [6.07, 6.45) is 1.73. The van der Waals surface area contributed by atoms with Crippen molar-refractivity contribution in [2.24, 2.45) is 0 Å². The number of hydrogen-bond donors (Lipinski definition) is 1. The van der Waals surface area contributed by atoms with E-state index in [0.29, 0.717) is 5.69 Å². The van der Waals surface area contributed by atoms with Crippen molar-refractivity contribution in [3.8, 4) is 10.6 Å². The van der Waals surface area contributed by atoms with Crippen molar-refractivity contribution in [3.63, 3.8) is 0 Å². The first-order valence-electron chi connectivity index (χ1n) is 6.30. The molecule has 5 heteroatoms. The highest BCUT2D eigenvalue weighted by Gasteiger charge is 2.11. The topological polar surface area (TPSA) is 42.0 Å². The van der Waals surface area contributed by atoms with Crippen molar-refractivity contribution in [1.29, 1.82) is 0 Å². The van der Waals surface area contributed by atoms with Crippen molar-refractivity contribution < 1.29 is 9.18 Å². The molecule has 0 aliphatic heterocycles. The normalized spacial score (nSPS) is 10.3. The molecule has 0 aliphatic carbocycles. The van der Waals surface area contributed by atoms with Gasteiger partial charge in [-0.1, -0.05) is 24.3 Å². The number of nitrogens with zero attached hydrogens (tertiary/aromatic N) is 1. The van der Waals surface area contributed by atoms with Crippen LogP contribution in [0.5, 0.6) is 0 Å². The average Bonchev–Trinajstić information content (AvgIpc) is 3.02. The van der Waals surface area contributed by atoms with Gasteiger partial charge in [0.2, 0.25) is 0 Å². The van der Waals surface area contributed by atoms with E-state index in [0.717, 1.165) is 10.6 Å². The number of hydrogen-bond acceptors (Lipinski definition) is 3. The summed E-state index contributed by atoms with van der Waals surface area (Å²) in [4.78, 5) is 16.3. The SMILES string of the molecule is O=C(Nc1cccc(-c2nccs2)c1)c1ccccc1F. The number of carbonyl (C=O) groups excluding carboxylic acids is 1. The fraction of sp³-hybridized carbons (Fsp3) is 0. The third-order valence-corrected chi connectivity index (χ3v) is 3.74. The average molecular weight is 298 g/mol. The van der Waals surface area contributed by atoms with E-state index in [1.807, 2.05) is 23.6 Å². The van der Waals surface area contributed by atoms with Gasteiger partial charge in [0.15, 0.2) is 0 Å². The third kappa shape index (κ3) is 2.98. The molecule has 2 aromatic carbocycles. The van der Waals surface area contributed by atoms with Gasteiger partial charge in [-0.15, -0.1) is 11.3 Å². The van der Waals surface area contributed by atoms with Crippen LogP contribution in [0.25, 0.3) is 10.6 Å². The summed E-state index contributed by atoms with van der Waals surface area (Å²) in [6.45, 7) is 0. The third-order valence-electron chi connectivity index (χ3n) is 2.92. The maximum absolute atomic E-state index is 13.6. The maximum Gasteiger partial charge on any atom is 0.258 e. The molecule has 3 nitrogen and oxygen atoms in total. The smallest absolute Gasteiger partial charge is 0.258 e. The Morgan fingerprint density at radius 3 is 2.76 bits per heavy atom. The van der Waals surface area contributed by atoms with Crippen LogP contribution < -0.4 is 5.32 Å². The molecular weight excluding hydrogens is 287 g/mol. The summed E-state index contributed by atoms with van der Waals surface area (Å²) in [5.74, 6) is -1.00. The Kier molecular flexibility index (Phi) is 3.75. The van der Waals surface area contributed by atoms with Gasteiger partial charge in [-0.25, -0.2) is 9.37 Å². The van der Waals surface area contributed by atoms with Gasteiger partial charge in [-0.05, 0) is 24.3 Å². The highest BCUT2D eigenvalue weighted by atomic mass is 32.1. The minimum Gasteiger partial charge on any atom is -0.322 e. The molecule has 1 heterocycles. The number of anilines is 1. The molecule has 0 saturated carbocycles. The second kappa shape index (κ2) is 5.85. The lowest BCUT2D eigenvalue weighted by molar-refractivity contribution is 0.102. The zero-order valence-electron chi connectivity index (χ0n) is 10.9. The van der Waals surface area contributed by atoms with E-state index in [4.69, 9.17) is 0 Å². The quantitative estimate of drug-likeness (QED) is 0.787. The van der Waals surface area contributed by atoms with E-state index < -0.39 is 11.7 Å².